The standard InChI is InChI=1S/C26H32ClF2N3O/c27-13-2-1-5-26(33)30-14-3-4-15-31-16-12-25-23(18-31)22-17-20(29)8-11-24(22)32(25)21-9-6-19(28)7-10-21/h6-11,17,23,25H,1-5,12-16,18H2,(H,30,33). The molecular weight excluding hydrogens is 444 g/mol. The maximum absolute atomic E-state index is 14.1. The van der Waals surface area contributed by atoms with Gasteiger partial charge < -0.3 is 15.1 Å². The molecule has 2 unspecified atom stereocenters. The second-order valence-corrected chi connectivity index (χ2v) is 9.39. The van der Waals surface area contributed by atoms with Crippen LogP contribution in [0.1, 0.15) is 50.0 Å². The van der Waals surface area contributed by atoms with Gasteiger partial charge in [-0.05, 0) is 86.7 Å². The summed E-state index contributed by atoms with van der Waals surface area (Å²) in [7, 11) is 0. The molecule has 2 aliphatic rings. The maximum atomic E-state index is 14.1. The van der Waals surface area contributed by atoms with Crippen LogP contribution in [0.4, 0.5) is 20.2 Å². The molecule has 2 aromatic carbocycles. The summed E-state index contributed by atoms with van der Waals surface area (Å²) in [5.74, 6) is 0.453. The fourth-order valence-corrected chi connectivity index (χ4v) is 5.32. The third-order valence-electron chi connectivity index (χ3n) is 6.76. The molecular formula is C26H32ClF2N3O. The second-order valence-electron chi connectivity index (χ2n) is 9.02. The number of nitrogens with one attached hydrogen (secondary N) is 1. The average molecular weight is 476 g/mol. The minimum atomic E-state index is -0.255. The number of alkyl halides is 1. The van der Waals surface area contributed by atoms with Crippen LogP contribution in [0.5, 0.6) is 0 Å². The van der Waals surface area contributed by atoms with E-state index >= 15 is 0 Å². The molecule has 33 heavy (non-hydrogen) atoms. The molecule has 1 N–H and O–H groups in total. The van der Waals surface area contributed by atoms with Gasteiger partial charge in [0.2, 0.25) is 5.91 Å². The number of likely N-dealkylation sites (tertiary alicyclic amines) is 1. The van der Waals surface area contributed by atoms with Crippen LogP contribution in [0.15, 0.2) is 42.5 Å². The zero-order valence-corrected chi connectivity index (χ0v) is 19.7. The Hall–Kier alpha value is -2.18. The molecule has 1 fully saturated rings. The topological polar surface area (TPSA) is 35.6 Å². The largest absolute Gasteiger partial charge is 0.356 e. The number of nitrogens with zero attached hydrogens (tertiary/aromatic N) is 2. The number of fused-ring (bicyclic) bond motifs is 3. The van der Waals surface area contributed by atoms with Crippen molar-refractivity contribution in [1.29, 1.82) is 0 Å². The Labute approximate surface area is 199 Å². The number of hydrogen-bond donors (Lipinski definition) is 1. The second kappa shape index (κ2) is 11.3. The van der Waals surface area contributed by atoms with Crippen molar-refractivity contribution in [2.75, 3.05) is 37.0 Å². The molecule has 2 aliphatic heterocycles. The highest BCUT2D eigenvalue weighted by atomic mass is 35.5. The van der Waals surface area contributed by atoms with Gasteiger partial charge in [-0.15, -0.1) is 11.6 Å². The number of rotatable bonds is 10. The Balaban J connectivity index is 1.33. The van der Waals surface area contributed by atoms with Gasteiger partial charge in [-0.2, -0.15) is 0 Å². The van der Waals surface area contributed by atoms with E-state index in [0.29, 0.717) is 18.8 Å². The quantitative estimate of drug-likeness (QED) is 0.360. The molecule has 1 saturated heterocycles. The summed E-state index contributed by atoms with van der Waals surface area (Å²) in [5.41, 5.74) is 3.02. The molecule has 0 aliphatic carbocycles. The lowest BCUT2D eigenvalue weighted by Gasteiger charge is -2.39. The van der Waals surface area contributed by atoms with Crippen LogP contribution in [0, 0.1) is 11.6 Å². The van der Waals surface area contributed by atoms with Gasteiger partial charge >= 0.3 is 0 Å². The third-order valence-corrected chi connectivity index (χ3v) is 7.02. The predicted octanol–water partition coefficient (Wildman–Crippen LogP) is 5.58. The lowest BCUT2D eigenvalue weighted by molar-refractivity contribution is -0.121. The van der Waals surface area contributed by atoms with Gasteiger partial charge in [-0.3, -0.25) is 4.79 Å². The molecule has 0 spiro atoms. The monoisotopic (exact) mass is 475 g/mol. The van der Waals surface area contributed by atoms with Crippen molar-refractivity contribution in [2.45, 2.75) is 50.5 Å². The normalized spacial score (nSPS) is 19.9. The summed E-state index contributed by atoms with van der Waals surface area (Å²) in [6.07, 6.45) is 5.17. The van der Waals surface area contributed by atoms with Gasteiger partial charge in [0.1, 0.15) is 11.6 Å². The Morgan fingerprint density at radius 3 is 2.61 bits per heavy atom. The first kappa shape index (κ1) is 24.0. The fraction of sp³-hybridized carbons (Fsp3) is 0.500. The number of carbonyl (C=O) groups is 1. The number of benzene rings is 2. The molecule has 1 amide bonds. The van der Waals surface area contributed by atoms with Gasteiger partial charge in [0.05, 0.1) is 0 Å². The van der Waals surface area contributed by atoms with Crippen molar-refractivity contribution in [2.24, 2.45) is 0 Å². The minimum Gasteiger partial charge on any atom is -0.356 e. The molecule has 2 atom stereocenters. The van der Waals surface area contributed by atoms with E-state index in [1.165, 1.54) is 18.2 Å². The zero-order chi connectivity index (χ0) is 23.2. The molecule has 0 radical (unpaired) electrons. The van der Waals surface area contributed by atoms with Crippen LogP contribution >= 0.6 is 11.6 Å². The molecule has 178 valence electrons. The Morgan fingerprint density at radius 1 is 1.03 bits per heavy atom. The number of hydrogen-bond acceptors (Lipinski definition) is 3. The summed E-state index contributed by atoms with van der Waals surface area (Å²) in [5, 5.41) is 2.99. The number of carbonyl (C=O) groups excluding carboxylic acids is 1. The zero-order valence-electron chi connectivity index (χ0n) is 18.9. The van der Waals surface area contributed by atoms with Crippen molar-refractivity contribution >= 4 is 28.9 Å². The average Bonchev–Trinajstić information content (AvgIpc) is 3.12. The van der Waals surface area contributed by atoms with E-state index in [4.69, 9.17) is 11.6 Å². The lowest BCUT2D eigenvalue weighted by atomic mass is 9.89. The van der Waals surface area contributed by atoms with Gasteiger partial charge in [0, 0.05) is 55.3 Å². The van der Waals surface area contributed by atoms with Crippen molar-refractivity contribution in [3.63, 3.8) is 0 Å². The van der Waals surface area contributed by atoms with E-state index in [-0.39, 0.29) is 29.5 Å². The molecule has 2 aromatic rings. The maximum Gasteiger partial charge on any atom is 0.219 e. The molecule has 7 heteroatoms. The van der Waals surface area contributed by atoms with E-state index in [1.54, 1.807) is 18.2 Å². The van der Waals surface area contributed by atoms with Crippen LogP contribution in [-0.2, 0) is 4.79 Å². The fourth-order valence-electron chi connectivity index (χ4n) is 5.13. The van der Waals surface area contributed by atoms with E-state index in [1.807, 2.05) is 6.07 Å². The number of anilines is 2. The summed E-state index contributed by atoms with van der Waals surface area (Å²) >= 11 is 5.65. The van der Waals surface area contributed by atoms with Crippen LogP contribution in [-0.4, -0.2) is 48.9 Å². The highest BCUT2D eigenvalue weighted by Gasteiger charge is 2.42. The van der Waals surface area contributed by atoms with Crippen LogP contribution in [0.3, 0.4) is 0 Å². The van der Waals surface area contributed by atoms with Gasteiger partial charge in [-0.1, -0.05) is 0 Å². The Kier molecular flexibility index (Phi) is 8.20. The number of amides is 1. The predicted molar refractivity (Wildman–Crippen MR) is 129 cm³/mol. The van der Waals surface area contributed by atoms with Crippen LogP contribution in [0.2, 0.25) is 0 Å². The number of halogens is 3. The molecule has 4 rings (SSSR count). The van der Waals surface area contributed by atoms with E-state index in [0.717, 1.165) is 68.7 Å². The molecule has 0 saturated carbocycles. The lowest BCUT2D eigenvalue weighted by Crippen LogP contribution is -2.45. The first-order chi connectivity index (χ1) is 16.1. The molecule has 0 bridgehead atoms. The van der Waals surface area contributed by atoms with E-state index in [2.05, 4.69) is 15.1 Å². The minimum absolute atomic E-state index is 0.103. The molecule has 4 nitrogen and oxygen atoms in total. The third kappa shape index (κ3) is 5.85. The van der Waals surface area contributed by atoms with Gasteiger partial charge in [-0.25, -0.2) is 8.78 Å². The first-order valence-electron chi connectivity index (χ1n) is 12.0. The number of unbranched alkanes of at least 4 members (excludes halogenated alkanes) is 2. The van der Waals surface area contributed by atoms with Crippen LogP contribution < -0.4 is 10.2 Å². The summed E-state index contributed by atoms with van der Waals surface area (Å²) < 4.78 is 27.6. The first-order valence-corrected chi connectivity index (χ1v) is 12.5. The van der Waals surface area contributed by atoms with E-state index in [9.17, 15) is 13.6 Å². The molecule has 0 aromatic heterocycles. The number of piperidine rings is 1. The summed E-state index contributed by atoms with van der Waals surface area (Å²) in [4.78, 5) is 16.5. The summed E-state index contributed by atoms with van der Waals surface area (Å²) in [6.45, 7) is 3.52. The van der Waals surface area contributed by atoms with E-state index < -0.39 is 0 Å². The summed E-state index contributed by atoms with van der Waals surface area (Å²) in [6, 6.07) is 11.9. The van der Waals surface area contributed by atoms with Crippen molar-refractivity contribution < 1.29 is 13.6 Å². The smallest absolute Gasteiger partial charge is 0.219 e. The highest BCUT2D eigenvalue weighted by Crippen LogP contribution is 2.48. The Bertz CT molecular complexity index is 940. The van der Waals surface area contributed by atoms with Gasteiger partial charge in [0.15, 0.2) is 0 Å². The molecule has 2 heterocycles. The Morgan fingerprint density at radius 2 is 1.82 bits per heavy atom. The highest BCUT2D eigenvalue weighted by molar-refractivity contribution is 6.17. The van der Waals surface area contributed by atoms with Crippen molar-refractivity contribution in [3.05, 3.63) is 59.7 Å². The van der Waals surface area contributed by atoms with Crippen LogP contribution in [0.25, 0.3) is 0 Å². The van der Waals surface area contributed by atoms with Gasteiger partial charge in [0.25, 0.3) is 0 Å². The van der Waals surface area contributed by atoms with Crippen molar-refractivity contribution in [3.8, 4) is 0 Å². The van der Waals surface area contributed by atoms with Crippen molar-refractivity contribution in [1.82, 2.24) is 10.2 Å². The SMILES string of the molecule is O=C(CCCCCl)NCCCCN1CCC2C(C1)c1cc(F)ccc1N2c1ccc(F)cc1.